The molecule has 8 nitrogen and oxygen atoms in total. The average Bonchev–Trinajstić information content (AvgIpc) is 3.55. The molecule has 0 radical (unpaired) electrons. The Morgan fingerprint density at radius 1 is 1.00 bits per heavy atom. The first-order valence-electron chi connectivity index (χ1n) is 12.6. The molecule has 0 aromatic heterocycles. The minimum atomic E-state index is -3.68. The summed E-state index contributed by atoms with van der Waals surface area (Å²) in [5.41, 5.74) is 4.43. The number of fused-ring (bicyclic) bond motifs is 1. The molecule has 0 saturated heterocycles. The van der Waals surface area contributed by atoms with E-state index >= 15 is 0 Å². The van der Waals surface area contributed by atoms with Gasteiger partial charge in [-0.15, -0.1) is 0 Å². The van der Waals surface area contributed by atoms with Gasteiger partial charge in [-0.25, -0.2) is 8.42 Å². The minimum Gasteiger partial charge on any atom is -0.486 e. The number of likely N-dealkylation sites (N-methyl/N-ethyl adjacent to an activating group) is 1. The molecule has 0 spiro atoms. The number of nitrogens with zero attached hydrogens (tertiary/aromatic N) is 2. The van der Waals surface area contributed by atoms with Gasteiger partial charge in [-0.3, -0.25) is 4.79 Å². The molecule has 1 fully saturated rings. The van der Waals surface area contributed by atoms with E-state index in [1.165, 1.54) is 22.7 Å². The van der Waals surface area contributed by atoms with Crippen molar-refractivity contribution >= 4 is 15.9 Å². The molecule has 1 atom stereocenters. The Morgan fingerprint density at radius 2 is 1.72 bits per heavy atom. The van der Waals surface area contributed by atoms with E-state index in [0.29, 0.717) is 63.4 Å². The number of hydrogen-bond acceptors (Lipinski definition) is 6. The predicted molar refractivity (Wildman–Crippen MR) is 135 cm³/mol. The molecule has 9 heteroatoms. The Hall–Kier alpha value is -2.88. The molecule has 4 aliphatic rings. The third kappa shape index (κ3) is 4.29. The molecule has 36 heavy (non-hydrogen) atoms. The lowest BCUT2D eigenvalue weighted by Crippen LogP contribution is -2.40. The first-order chi connectivity index (χ1) is 17.4. The number of carbonyl (C=O) groups excluding carboxylic acids is 1. The number of nitrogens with one attached hydrogen (secondary N) is 1. The fourth-order valence-electron chi connectivity index (χ4n) is 5.42. The number of hydrogen-bond donors (Lipinski definition) is 1. The van der Waals surface area contributed by atoms with Gasteiger partial charge < -0.3 is 19.7 Å². The van der Waals surface area contributed by atoms with E-state index in [0.717, 1.165) is 16.7 Å². The Bertz CT molecular complexity index is 1320. The summed E-state index contributed by atoms with van der Waals surface area (Å²) < 4.78 is 39.3. The third-order valence-electron chi connectivity index (χ3n) is 7.53. The maximum atomic E-state index is 13.6. The van der Waals surface area contributed by atoms with Gasteiger partial charge in [0.05, 0.1) is 10.8 Å². The standard InChI is InChI=1S/C27H31N3O5S/c1-28-13-24(20-4-2-3-19(11-20)18-5-6-18)27(31)29-14-21-16-30(17-22(21)15-29)36(32,33)23-7-8-25-26(12-23)35-10-9-34-25/h2-4,7-8,11-12,18,24,28H,5-6,9-10,13-17H2,1H3/t24-/m0/s1. The molecule has 6 rings (SSSR count). The maximum absolute atomic E-state index is 13.6. The number of rotatable bonds is 7. The second-order valence-electron chi connectivity index (χ2n) is 10.0. The van der Waals surface area contributed by atoms with E-state index in [1.807, 2.05) is 18.0 Å². The SMILES string of the molecule is CNC[C@H](C(=O)N1CC2=C(C1)CN(S(=O)(=O)c1ccc3c(c1)OCCO3)C2)c1cccc(C2CC2)c1. The van der Waals surface area contributed by atoms with Gasteiger partial charge in [0.25, 0.3) is 0 Å². The van der Waals surface area contributed by atoms with E-state index in [9.17, 15) is 13.2 Å². The monoisotopic (exact) mass is 509 g/mol. The first-order valence-corrected chi connectivity index (χ1v) is 14.0. The highest BCUT2D eigenvalue weighted by Gasteiger charge is 2.39. The largest absolute Gasteiger partial charge is 0.486 e. The lowest BCUT2D eigenvalue weighted by molar-refractivity contribution is -0.131. The molecule has 0 unspecified atom stereocenters. The van der Waals surface area contributed by atoms with Crippen LogP contribution in [0.3, 0.4) is 0 Å². The van der Waals surface area contributed by atoms with Crippen LogP contribution in [0.15, 0.2) is 58.5 Å². The van der Waals surface area contributed by atoms with Gasteiger partial charge in [-0.05, 0) is 60.2 Å². The van der Waals surface area contributed by atoms with Gasteiger partial charge in [0, 0.05) is 38.8 Å². The molecule has 1 aliphatic carbocycles. The van der Waals surface area contributed by atoms with E-state index in [-0.39, 0.29) is 16.7 Å². The highest BCUT2D eigenvalue weighted by molar-refractivity contribution is 7.89. The number of sulfonamides is 1. The van der Waals surface area contributed by atoms with Crippen molar-refractivity contribution in [2.45, 2.75) is 29.6 Å². The summed E-state index contributed by atoms with van der Waals surface area (Å²) in [6.45, 7) is 3.00. The Balaban J connectivity index is 1.14. The number of amides is 1. The van der Waals surface area contributed by atoms with Gasteiger partial charge in [0.1, 0.15) is 13.2 Å². The first kappa shape index (κ1) is 23.5. The van der Waals surface area contributed by atoms with E-state index in [1.54, 1.807) is 18.2 Å². The zero-order valence-electron chi connectivity index (χ0n) is 20.4. The van der Waals surface area contributed by atoms with Gasteiger partial charge in [0.15, 0.2) is 11.5 Å². The molecular formula is C27H31N3O5S. The summed E-state index contributed by atoms with van der Waals surface area (Å²) in [7, 11) is -1.82. The topological polar surface area (TPSA) is 88.2 Å². The van der Waals surface area contributed by atoms with Crippen LogP contribution in [0, 0.1) is 0 Å². The van der Waals surface area contributed by atoms with E-state index < -0.39 is 10.0 Å². The third-order valence-corrected chi connectivity index (χ3v) is 9.32. The van der Waals surface area contributed by atoms with Crippen LogP contribution in [0.5, 0.6) is 11.5 Å². The molecule has 1 N–H and O–H groups in total. The molecule has 0 bridgehead atoms. The van der Waals surface area contributed by atoms with Crippen LogP contribution in [0.1, 0.15) is 35.8 Å². The molecule has 1 saturated carbocycles. The van der Waals surface area contributed by atoms with Crippen molar-refractivity contribution in [3.8, 4) is 11.5 Å². The summed E-state index contributed by atoms with van der Waals surface area (Å²) in [5, 5.41) is 3.18. The van der Waals surface area contributed by atoms with Gasteiger partial charge in [-0.2, -0.15) is 4.31 Å². The quantitative estimate of drug-likeness (QED) is 0.577. The van der Waals surface area contributed by atoms with Crippen molar-refractivity contribution < 1.29 is 22.7 Å². The zero-order chi connectivity index (χ0) is 24.9. The Labute approximate surface area is 211 Å². The Kier molecular flexibility index (Phi) is 6.02. The lowest BCUT2D eigenvalue weighted by Gasteiger charge is -2.27. The maximum Gasteiger partial charge on any atom is 0.243 e. The van der Waals surface area contributed by atoms with Gasteiger partial charge in [-0.1, -0.05) is 24.3 Å². The second kappa shape index (κ2) is 9.21. The normalized spacial score (nSPS) is 20.5. The number of benzene rings is 2. The lowest BCUT2D eigenvalue weighted by atomic mass is 9.94. The summed E-state index contributed by atoms with van der Waals surface area (Å²) in [6.07, 6.45) is 2.45. The number of carbonyl (C=O) groups is 1. The molecule has 3 heterocycles. The van der Waals surface area contributed by atoms with Gasteiger partial charge >= 0.3 is 0 Å². The fourth-order valence-corrected chi connectivity index (χ4v) is 6.87. The fraction of sp³-hybridized carbons (Fsp3) is 0.444. The van der Waals surface area contributed by atoms with E-state index in [2.05, 4.69) is 23.5 Å². The molecule has 2 aromatic rings. The van der Waals surface area contributed by atoms with Crippen molar-refractivity contribution in [2.75, 3.05) is 53.0 Å². The molecule has 2 aromatic carbocycles. The van der Waals surface area contributed by atoms with Crippen LogP contribution < -0.4 is 14.8 Å². The summed E-state index contributed by atoms with van der Waals surface area (Å²) in [6, 6.07) is 13.2. The van der Waals surface area contributed by atoms with Crippen LogP contribution in [-0.4, -0.2) is 76.5 Å². The van der Waals surface area contributed by atoms with Crippen molar-refractivity contribution in [3.63, 3.8) is 0 Å². The van der Waals surface area contributed by atoms with Crippen LogP contribution in [0.4, 0.5) is 0 Å². The van der Waals surface area contributed by atoms with Gasteiger partial charge in [0.2, 0.25) is 15.9 Å². The second-order valence-corrected chi connectivity index (χ2v) is 12.0. The highest BCUT2D eigenvalue weighted by atomic mass is 32.2. The van der Waals surface area contributed by atoms with Crippen molar-refractivity contribution in [1.82, 2.24) is 14.5 Å². The highest BCUT2D eigenvalue weighted by Crippen LogP contribution is 2.41. The summed E-state index contributed by atoms with van der Waals surface area (Å²) in [4.78, 5) is 15.7. The number of ether oxygens (including phenoxy) is 2. The Morgan fingerprint density at radius 3 is 2.42 bits per heavy atom. The van der Waals surface area contributed by atoms with E-state index in [4.69, 9.17) is 9.47 Å². The van der Waals surface area contributed by atoms with Crippen molar-refractivity contribution in [3.05, 3.63) is 64.7 Å². The molecule has 3 aliphatic heterocycles. The average molecular weight is 510 g/mol. The van der Waals surface area contributed by atoms with Crippen LogP contribution in [0.25, 0.3) is 0 Å². The smallest absolute Gasteiger partial charge is 0.243 e. The summed E-state index contributed by atoms with van der Waals surface area (Å²) >= 11 is 0. The van der Waals surface area contributed by atoms with Crippen LogP contribution in [0.2, 0.25) is 0 Å². The summed E-state index contributed by atoms with van der Waals surface area (Å²) in [5.74, 6) is 1.49. The molecule has 1 amide bonds. The van der Waals surface area contributed by atoms with Crippen molar-refractivity contribution in [1.29, 1.82) is 0 Å². The van der Waals surface area contributed by atoms with Crippen molar-refractivity contribution in [2.24, 2.45) is 0 Å². The predicted octanol–water partition coefficient (Wildman–Crippen LogP) is 2.48. The molecular weight excluding hydrogens is 478 g/mol. The zero-order valence-corrected chi connectivity index (χ0v) is 21.2. The van der Waals surface area contributed by atoms with Crippen LogP contribution >= 0.6 is 0 Å². The minimum absolute atomic E-state index is 0.0907. The molecule has 190 valence electrons. The van der Waals surface area contributed by atoms with Crippen LogP contribution in [-0.2, 0) is 14.8 Å².